The Bertz CT molecular complexity index is 1240. The third kappa shape index (κ3) is 2.77. The quantitative estimate of drug-likeness (QED) is 0.293. The second-order valence-corrected chi connectivity index (χ2v) is 7.44. The van der Waals surface area contributed by atoms with Crippen LogP contribution in [0.1, 0.15) is 0 Å². The van der Waals surface area contributed by atoms with Crippen LogP contribution < -0.4 is 26.1 Å². The van der Waals surface area contributed by atoms with E-state index in [4.69, 9.17) is 0 Å². The van der Waals surface area contributed by atoms with E-state index in [-0.39, 0.29) is 17.0 Å². The van der Waals surface area contributed by atoms with Gasteiger partial charge in [0.25, 0.3) is 11.0 Å². The minimum absolute atomic E-state index is 0. The standard InChI is InChI=1S/C26H20N2.BrH/c1-3-7-19(8-4-1)21-13-15-27-17-18-28-16-14-22(20-9-5-2-6-10-20)24-12-11-23(21)25(27)26(24)28;/h1-16H,17-18H2;1H/q+2;/p-1. The third-order valence-electron chi connectivity index (χ3n) is 5.90. The molecule has 29 heavy (non-hydrogen) atoms. The molecule has 0 saturated carbocycles. The normalized spacial score (nSPS) is 12.3. The van der Waals surface area contributed by atoms with Gasteiger partial charge in [-0.25, -0.2) is 0 Å². The predicted octanol–water partition coefficient (Wildman–Crippen LogP) is 1.92. The summed E-state index contributed by atoms with van der Waals surface area (Å²) in [6.07, 6.45) is 4.51. The summed E-state index contributed by atoms with van der Waals surface area (Å²) in [6, 6.07) is 30.5. The molecule has 0 N–H and O–H groups in total. The zero-order valence-corrected chi connectivity index (χ0v) is 17.5. The van der Waals surface area contributed by atoms with Crippen molar-refractivity contribution < 1.29 is 26.1 Å². The van der Waals surface area contributed by atoms with Crippen LogP contribution in [-0.4, -0.2) is 0 Å². The zero-order valence-electron chi connectivity index (χ0n) is 15.9. The summed E-state index contributed by atoms with van der Waals surface area (Å²) in [5.41, 5.74) is 7.81. The Hall–Kier alpha value is -3.04. The lowest BCUT2D eigenvalue weighted by atomic mass is 9.95. The third-order valence-corrected chi connectivity index (χ3v) is 5.90. The first-order chi connectivity index (χ1) is 13.9. The number of hydrogen-bond donors (Lipinski definition) is 0. The molecule has 0 radical (unpaired) electrons. The molecule has 3 heteroatoms. The molecule has 0 saturated heterocycles. The van der Waals surface area contributed by atoms with Crippen molar-refractivity contribution in [3.63, 3.8) is 0 Å². The van der Waals surface area contributed by atoms with Gasteiger partial charge in [-0.05, 0) is 23.3 Å². The van der Waals surface area contributed by atoms with Gasteiger partial charge in [-0.2, -0.15) is 9.13 Å². The van der Waals surface area contributed by atoms with Crippen LogP contribution in [0.25, 0.3) is 44.1 Å². The average Bonchev–Trinajstić information content (AvgIpc) is 2.78. The van der Waals surface area contributed by atoms with Gasteiger partial charge in [-0.3, -0.25) is 0 Å². The Balaban J connectivity index is 0.00000181. The molecule has 0 bridgehead atoms. The summed E-state index contributed by atoms with van der Waals surface area (Å²) in [7, 11) is 0. The second-order valence-electron chi connectivity index (χ2n) is 7.44. The molecular formula is C26H20BrN2+. The molecule has 1 aliphatic heterocycles. The first-order valence-corrected chi connectivity index (χ1v) is 9.82. The van der Waals surface area contributed by atoms with Gasteiger partial charge in [0.2, 0.25) is 13.1 Å². The average molecular weight is 440 g/mol. The number of halogens is 1. The number of rotatable bonds is 2. The van der Waals surface area contributed by atoms with E-state index in [2.05, 4.69) is 106 Å². The van der Waals surface area contributed by atoms with E-state index in [9.17, 15) is 0 Å². The van der Waals surface area contributed by atoms with E-state index < -0.39 is 0 Å². The van der Waals surface area contributed by atoms with Crippen LogP contribution >= 0.6 is 0 Å². The van der Waals surface area contributed by atoms with Crippen LogP contribution in [0, 0.1) is 0 Å². The van der Waals surface area contributed by atoms with E-state index >= 15 is 0 Å². The highest BCUT2D eigenvalue weighted by atomic mass is 79.9. The zero-order chi connectivity index (χ0) is 18.5. The van der Waals surface area contributed by atoms with Crippen LogP contribution in [0.2, 0.25) is 0 Å². The van der Waals surface area contributed by atoms with Crippen molar-refractivity contribution in [2.75, 3.05) is 0 Å². The van der Waals surface area contributed by atoms with Gasteiger partial charge < -0.3 is 17.0 Å². The summed E-state index contributed by atoms with van der Waals surface area (Å²) in [6.45, 7) is 2.01. The maximum Gasteiger partial charge on any atom is 0.286 e. The number of aryl methyl sites for hydroxylation is 2. The monoisotopic (exact) mass is 439 g/mol. The summed E-state index contributed by atoms with van der Waals surface area (Å²) in [5, 5.41) is 2.64. The van der Waals surface area contributed by atoms with Gasteiger partial charge in [-0.15, -0.1) is 0 Å². The van der Waals surface area contributed by atoms with Crippen molar-refractivity contribution in [2.24, 2.45) is 0 Å². The molecule has 5 aromatic rings. The van der Waals surface area contributed by atoms with Crippen LogP contribution in [0.3, 0.4) is 0 Å². The molecule has 3 heterocycles. The SMILES string of the molecule is [Br-].c1ccc(-c2cc[n+]3c4c2ccc2c(-c5ccccc5)cc[n+](c24)CC3)cc1. The molecule has 0 aliphatic carbocycles. The maximum absolute atomic E-state index is 2.42. The fourth-order valence-corrected chi connectivity index (χ4v) is 4.58. The van der Waals surface area contributed by atoms with E-state index in [1.165, 1.54) is 44.1 Å². The fraction of sp³-hybridized carbons (Fsp3) is 0.0769. The largest absolute Gasteiger partial charge is 1.00 e. The molecule has 0 spiro atoms. The lowest BCUT2D eigenvalue weighted by molar-refractivity contribution is -0.771. The van der Waals surface area contributed by atoms with Crippen LogP contribution in [-0.2, 0) is 13.1 Å². The van der Waals surface area contributed by atoms with E-state index in [1.54, 1.807) is 0 Å². The first-order valence-electron chi connectivity index (χ1n) is 9.82. The highest BCUT2D eigenvalue weighted by Gasteiger charge is 2.30. The van der Waals surface area contributed by atoms with Crippen molar-refractivity contribution in [1.29, 1.82) is 0 Å². The van der Waals surface area contributed by atoms with Crippen molar-refractivity contribution >= 4 is 21.8 Å². The number of aromatic nitrogens is 2. The Morgan fingerprint density at radius 2 is 0.897 bits per heavy atom. The van der Waals surface area contributed by atoms with Crippen LogP contribution in [0.4, 0.5) is 0 Å². The minimum atomic E-state index is 0. The summed E-state index contributed by atoms with van der Waals surface area (Å²) in [5.74, 6) is 0. The summed E-state index contributed by atoms with van der Waals surface area (Å²) >= 11 is 0. The van der Waals surface area contributed by atoms with Crippen molar-refractivity contribution in [1.82, 2.24) is 0 Å². The molecule has 0 unspecified atom stereocenters. The lowest BCUT2D eigenvalue weighted by Crippen LogP contribution is -3.00. The number of pyridine rings is 2. The molecule has 6 rings (SSSR count). The van der Waals surface area contributed by atoms with Gasteiger partial charge in [0.05, 0.1) is 10.8 Å². The number of nitrogens with zero attached hydrogens (tertiary/aromatic N) is 2. The summed E-state index contributed by atoms with van der Waals surface area (Å²) < 4.78 is 4.83. The lowest BCUT2D eigenvalue weighted by Gasteiger charge is -2.14. The topological polar surface area (TPSA) is 7.76 Å². The number of hydrogen-bond acceptors (Lipinski definition) is 0. The Labute approximate surface area is 180 Å². The van der Waals surface area contributed by atoms with Crippen molar-refractivity contribution in [3.8, 4) is 22.3 Å². The molecule has 0 atom stereocenters. The molecular weight excluding hydrogens is 420 g/mol. The van der Waals surface area contributed by atoms with Crippen molar-refractivity contribution in [3.05, 3.63) is 97.3 Å². The van der Waals surface area contributed by atoms with E-state index in [0.717, 1.165) is 13.1 Å². The van der Waals surface area contributed by atoms with Gasteiger partial charge in [0, 0.05) is 23.3 Å². The highest BCUT2D eigenvalue weighted by molar-refractivity contribution is 6.09. The smallest absolute Gasteiger partial charge is 0.286 e. The molecule has 2 nitrogen and oxygen atoms in total. The minimum Gasteiger partial charge on any atom is -1.00 e. The van der Waals surface area contributed by atoms with Crippen LogP contribution in [0.5, 0.6) is 0 Å². The second kappa shape index (κ2) is 7.09. The highest BCUT2D eigenvalue weighted by Crippen LogP contribution is 2.34. The van der Waals surface area contributed by atoms with Crippen LogP contribution in [0.15, 0.2) is 97.3 Å². The Morgan fingerprint density at radius 3 is 1.31 bits per heavy atom. The molecule has 0 amide bonds. The van der Waals surface area contributed by atoms with Crippen molar-refractivity contribution in [2.45, 2.75) is 13.1 Å². The van der Waals surface area contributed by atoms with Gasteiger partial charge in [0.15, 0.2) is 12.4 Å². The van der Waals surface area contributed by atoms with E-state index in [0.29, 0.717) is 0 Å². The molecule has 0 fully saturated rings. The molecule has 1 aliphatic rings. The summed E-state index contributed by atoms with van der Waals surface area (Å²) in [4.78, 5) is 0. The number of benzene rings is 3. The first kappa shape index (κ1) is 18.0. The Kier molecular flexibility index (Phi) is 4.40. The Morgan fingerprint density at radius 1 is 0.483 bits per heavy atom. The molecule has 140 valence electrons. The molecule has 2 aromatic heterocycles. The predicted molar refractivity (Wildman–Crippen MR) is 113 cm³/mol. The van der Waals surface area contributed by atoms with Gasteiger partial charge in [0.1, 0.15) is 0 Å². The fourth-order valence-electron chi connectivity index (χ4n) is 4.58. The van der Waals surface area contributed by atoms with E-state index in [1.807, 2.05) is 0 Å². The van der Waals surface area contributed by atoms with Gasteiger partial charge in [-0.1, -0.05) is 60.7 Å². The van der Waals surface area contributed by atoms with Gasteiger partial charge >= 0.3 is 0 Å². The molecule has 3 aromatic carbocycles. The maximum atomic E-state index is 2.42.